The molecule has 6 heteroatoms. The van der Waals surface area contributed by atoms with E-state index in [1.165, 1.54) is 0 Å². The number of amidine groups is 1. The third-order valence-corrected chi connectivity index (χ3v) is 2.43. The Kier molecular flexibility index (Phi) is 7.28. The summed E-state index contributed by atoms with van der Waals surface area (Å²) in [6.45, 7) is 2.43. The minimum Gasteiger partial charge on any atom is -0.409 e. The fourth-order valence-electron chi connectivity index (χ4n) is 1.27. The van der Waals surface area contributed by atoms with Crippen molar-refractivity contribution in [1.29, 1.82) is 0 Å². The number of nitrogens with zero attached hydrogens (tertiary/aromatic N) is 2. The molecule has 1 amide bonds. The number of ether oxygens (including phenoxy) is 1. The van der Waals surface area contributed by atoms with Crippen LogP contribution < -0.4 is 5.73 Å². The third kappa shape index (κ3) is 5.55. The molecule has 1 atom stereocenters. The molecule has 0 radical (unpaired) electrons. The minimum absolute atomic E-state index is 0.0373. The molecule has 0 aliphatic carbocycles. The van der Waals surface area contributed by atoms with E-state index in [2.05, 4.69) is 5.16 Å². The highest BCUT2D eigenvalue weighted by molar-refractivity contribution is 5.81. The van der Waals surface area contributed by atoms with Gasteiger partial charge in [-0.15, -0.1) is 0 Å². The van der Waals surface area contributed by atoms with Crippen LogP contribution in [-0.2, 0) is 9.53 Å². The van der Waals surface area contributed by atoms with Crippen molar-refractivity contribution >= 4 is 11.7 Å². The molecule has 1 unspecified atom stereocenters. The van der Waals surface area contributed by atoms with E-state index in [4.69, 9.17) is 15.7 Å². The summed E-state index contributed by atoms with van der Waals surface area (Å²) >= 11 is 0. The van der Waals surface area contributed by atoms with Gasteiger partial charge in [0.05, 0.1) is 0 Å². The van der Waals surface area contributed by atoms with E-state index >= 15 is 0 Å². The fourth-order valence-corrected chi connectivity index (χ4v) is 1.27. The third-order valence-electron chi connectivity index (χ3n) is 2.43. The van der Waals surface area contributed by atoms with Crippen LogP contribution in [0, 0.1) is 0 Å². The lowest BCUT2D eigenvalue weighted by atomic mass is 10.2. The largest absolute Gasteiger partial charge is 0.409 e. The van der Waals surface area contributed by atoms with E-state index in [0.717, 1.165) is 0 Å². The highest BCUT2D eigenvalue weighted by atomic mass is 16.5. The molecule has 0 saturated heterocycles. The van der Waals surface area contributed by atoms with Crippen LogP contribution in [0.15, 0.2) is 5.16 Å². The Morgan fingerprint density at radius 1 is 1.62 bits per heavy atom. The van der Waals surface area contributed by atoms with Gasteiger partial charge in [0.1, 0.15) is 5.84 Å². The van der Waals surface area contributed by atoms with E-state index in [0.29, 0.717) is 25.9 Å². The highest BCUT2D eigenvalue weighted by Gasteiger charge is 2.16. The summed E-state index contributed by atoms with van der Waals surface area (Å²) in [5.74, 6) is 0.166. The number of oxime groups is 1. The molecular weight excluding hydrogens is 210 g/mol. The van der Waals surface area contributed by atoms with Crippen LogP contribution in [-0.4, -0.2) is 48.7 Å². The Balaban J connectivity index is 4.01. The molecule has 0 spiro atoms. The predicted molar refractivity (Wildman–Crippen MR) is 61.4 cm³/mol. The van der Waals surface area contributed by atoms with Gasteiger partial charge in [0.25, 0.3) is 0 Å². The topological polar surface area (TPSA) is 88.2 Å². The lowest BCUT2D eigenvalue weighted by Gasteiger charge is -2.24. The summed E-state index contributed by atoms with van der Waals surface area (Å²) in [5.41, 5.74) is 5.38. The molecule has 0 bridgehead atoms. The van der Waals surface area contributed by atoms with Crippen molar-refractivity contribution < 1.29 is 14.7 Å². The fraction of sp³-hybridized carbons (Fsp3) is 0.800. The number of hydrogen-bond donors (Lipinski definition) is 2. The molecule has 0 rings (SSSR count). The lowest BCUT2D eigenvalue weighted by molar-refractivity contribution is -0.131. The zero-order chi connectivity index (χ0) is 12.6. The molecule has 0 aliphatic heterocycles. The van der Waals surface area contributed by atoms with Crippen LogP contribution in [0.25, 0.3) is 0 Å². The molecule has 3 N–H and O–H groups in total. The van der Waals surface area contributed by atoms with Crippen LogP contribution in [0.3, 0.4) is 0 Å². The standard InChI is InChI=1S/C10H21N3O3/c1-8(7-9(11)12-15)13(2)10(14)5-4-6-16-3/h8,15H,4-7H2,1-3H3,(H2,11,12). The normalized spacial score (nSPS) is 13.6. The quantitative estimate of drug-likeness (QED) is 0.218. The van der Waals surface area contributed by atoms with Crippen molar-refractivity contribution in [3.63, 3.8) is 0 Å². The van der Waals surface area contributed by atoms with Gasteiger partial charge < -0.3 is 20.6 Å². The van der Waals surface area contributed by atoms with E-state index < -0.39 is 0 Å². The van der Waals surface area contributed by atoms with E-state index in [-0.39, 0.29) is 17.8 Å². The number of carbonyl (C=O) groups is 1. The summed E-state index contributed by atoms with van der Waals surface area (Å²) in [5, 5.41) is 11.3. The molecule has 6 nitrogen and oxygen atoms in total. The van der Waals surface area contributed by atoms with Gasteiger partial charge in [-0.05, 0) is 13.3 Å². The van der Waals surface area contributed by atoms with Crippen LogP contribution in [0.2, 0.25) is 0 Å². The van der Waals surface area contributed by atoms with Crippen LogP contribution in [0.1, 0.15) is 26.2 Å². The van der Waals surface area contributed by atoms with Crippen molar-refractivity contribution in [3.8, 4) is 0 Å². The minimum atomic E-state index is -0.0778. The molecule has 0 heterocycles. The number of amides is 1. The SMILES string of the molecule is COCCCC(=O)N(C)C(C)CC(N)=NO. The van der Waals surface area contributed by atoms with Gasteiger partial charge in [-0.1, -0.05) is 5.16 Å². The van der Waals surface area contributed by atoms with Crippen LogP contribution in [0.4, 0.5) is 0 Å². The first-order chi connectivity index (χ1) is 7.52. The van der Waals surface area contributed by atoms with Gasteiger partial charge in [-0.2, -0.15) is 0 Å². The summed E-state index contributed by atoms with van der Waals surface area (Å²) in [7, 11) is 3.32. The van der Waals surface area contributed by atoms with Crippen molar-refractivity contribution in [2.24, 2.45) is 10.9 Å². The number of rotatable bonds is 7. The Bertz CT molecular complexity index is 243. The zero-order valence-electron chi connectivity index (χ0n) is 10.1. The monoisotopic (exact) mass is 231 g/mol. The average molecular weight is 231 g/mol. The lowest BCUT2D eigenvalue weighted by Crippen LogP contribution is -2.37. The van der Waals surface area contributed by atoms with Gasteiger partial charge >= 0.3 is 0 Å². The maximum absolute atomic E-state index is 11.7. The maximum atomic E-state index is 11.7. The zero-order valence-corrected chi connectivity index (χ0v) is 10.1. The molecule has 94 valence electrons. The Hall–Kier alpha value is -1.30. The average Bonchev–Trinajstić information content (AvgIpc) is 2.27. The summed E-state index contributed by atoms with van der Waals surface area (Å²) in [6.07, 6.45) is 1.52. The van der Waals surface area contributed by atoms with E-state index in [1.807, 2.05) is 6.92 Å². The van der Waals surface area contributed by atoms with Crippen molar-refractivity contribution in [3.05, 3.63) is 0 Å². The number of carbonyl (C=O) groups excluding carboxylic acids is 1. The molecule has 0 aliphatic rings. The maximum Gasteiger partial charge on any atom is 0.222 e. The second-order valence-electron chi connectivity index (χ2n) is 3.75. The summed E-state index contributed by atoms with van der Waals surface area (Å²) < 4.78 is 4.87. The van der Waals surface area contributed by atoms with Crippen molar-refractivity contribution in [1.82, 2.24) is 4.90 Å². The number of nitrogens with two attached hydrogens (primary N) is 1. The number of methoxy groups -OCH3 is 1. The number of hydrogen-bond acceptors (Lipinski definition) is 4. The molecule has 0 aromatic carbocycles. The summed E-state index contributed by atoms with van der Waals surface area (Å²) in [6, 6.07) is -0.0778. The Labute approximate surface area is 96.0 Å². The predicted octanol–water partition coefficient (Wildman–Crippen LogP) is 0.396. The Morgan fingerprint density at radius 3 is 2.75 bits per heavy atom. The van der Waals surface area contributed by atoms with Crippen molar-refractivity contribution in [2.75, 3.05) is 20.8 Å². The van der Waals surface area contributed by atoms with Gasteiger partial charge in [-0.3, -0.25) is 4.79 Å². The van der Waals surface area contributed by atoms with Crippen LogP contribution >= 0.6 is 0 Å². The van der Waals surface area contributed by atoms with Crippen molar-refractivity contribution in [2.45, 2.75) is 32.2 Å². The molecule has 16 heavy (non-hydrogen) atoms. The Morgan fingerprint density at radius 2 is 2.25 bits per heavy atom. The summed E-state index contributed by atoms with van der Waals surface area (Å²) in [4.78, 5) is 13.3. The van der Waals surface area contributed by atoms with Gasteiger partial charge in [0.15, 0.2) is 0 Å². The molecule has 0 saturated carbocycles. The molecule has 0 fully saturated rings. The van der Waals surface area contributed by atoms with E-state index in [9.17, 15) is 4.79 Å². The first-order valence-electron chi connectivity index (χ1n) is 5.24. The smallest absolute Gasteiger partial charge is 0.222 e. The van der Waals surface area contributed by atoms with E-state index in [1.54, 1.807) is 19.1 Å². The van der Waals surface area contributed by atoms with Gasteiger partial charge in [0, 0.05) is 39.6 Å². The molecular formula is C10H21N3O3. The first kappa shape index (κ1) is 14.7. The van der Waals surface area contributed by atoms with Crippen LogP contribution in [0.5, 0.6) is 0 Å². The van der Waals surface area contributed by atoms with Gasteiger partial charge in [0.2, 0.25) is 5.91 Å². The molecule has 0 aromatic heterocycles. The second-order valence-corrected chi connectivity index (χ2v) is 3.75. The molecule has 0 aromatic rings. The highest BCUT2D eigenvalue weighted by Crippen LogP contribution is 2.05. The second kappa shape index (κ2) is 7.92. The van der Waals surface area contributed by atoms with Gasteiger partial charge in [-0.25, -0.2) is 0 Å². The first-order valence-corrected chi connectivity index (χ1v) is 5.24.